The second-order valence-electron chi connectivity index (χ2n) is 6.62. The molecule has 0 saturated carbocycles. The molecule has 2 aromatic carbocycles. The normalized spacial score (nSPS) is 10.9. The fourth-order valence-electron chi connectivity index (χ4n) is 2.72. The number of hydrogen-bond donors (Lipinski definition) is 2. The Kier molecular flexibility index (Phi) is 8.98. The molecule has 0 radical (unpaired) electrons. The first kappa shape index (κ1) is 22.7. The number of oxazole rings is 1. The van der Waals surface area contributed by atoms with Gasteiger partial charge in [0.1, 0.15) is 6.26 Å². The number of benzene rings is 2. The summed E-state index contributed by atoms with van der Waals surface area (Å²) < 4.78 is 5.59. The van der Waals surface area contributed by atoms with E-state index in [2.05, 4.69) is 49.8 Å². The maximum atomic E-state index is 5.59. The molecule has 0 aliphatic rings. The molecule has 154 valence electrons. The van der Waals surface area contributed by atoms with E-state index in [0.717, 1.165) is 29.3 Å². The highest BCUT2D eigenvalue weighted by Gasteiger charge is 2.07. The molecule has 29 heavy (non-hydrogen) atoms. The lowest BCUT2D eigenvalue weighted by Gasteiger charge is -2.13. The van der Waals surface area contributed by atoms with Crippen LogP contribution in [-0.4, -0.2) is 31.6 Å². The molecule has 0 saturated heterocycles. The van der Waals surface area contributed by atoms with Crippen LogP contribution in [0.4, 0.5) is 5.69 Å². The summed E-state index contributed by atoms with van der Waals surface area (Å²) in [7, 11) is 4.07. The van der Waals surface area contributed by atoms with E-state index in [1.165, 1.54) is 5.69 Å². The Morgan fingerprint density at radius 3 is 2.59 bits per heavy atom. The van der Waals surface area contributed by atoms with Gasteiger partial charge in [0.2, 0.25) is 5.89 Å². The van der Waals surface area contributed by atoms with Gasteiger partial charge in [0.25, 0.3) is 0 Å². The Morgan fingerprint density at radius 2 is 1.86 bits per heavy atom. The number of rotatable bonds is 7. The summed E-state index contributed by atoms with van der Waals surface area (Å²) in [6.07, 6.45) is 1.68. The Labute approximate surface area is 189 Å². The number of hydrogen-bond acceptors (Lipinski definition) is 4. The summed E-state index contributed by atoms with van der Waals surface area (Å²) in [5.41, 5.74) is 4.13. The molecule has 3 aromatic rings. The quantitative estimate of drug-likeness (QED) is 0.285. The van der Waals surface area contributed by atoms with Crippen molar-refractivity contribution in [2.24, 2.45) is 4.99 Å². The summed E-state index contributed by atoms with van der Waals surface area (Å²) >= 11 is 0. The van der Waals surface area contributed by atoms with Crippen LogP contribution in [0.15, 0.2) is 70.3 Å². The van der Waals surface area contributed by atoms with E-state index in [1.54, 1.807) is 6.26 Å². The first-order chi connectivity index (χ1) is 13.7. The van der Waals surface area contributed by atoms with Gasteiger partial charge in [0.05, 0.1) is 18.8 Å². The number of anilines is 1. The lowest BCUT2D eigenvalue weighted by Crippen LogP contribution is -2.36. The first-order valence-corrected chi connectivity index (χ1v) is 9.44. The molecule has 7 heteroatoms. The van der Waals surface area contributed by atoms with Gasteiger partial charge in [-0.2, -0.15) is 0 Å². The van der Waals surface area contributed by atoms with E-state index < -0.39 is 0 Å². The van der Waals surface area contributed by atoms with Crippen molar-refractivity contribution in [3.8, 4) is 11.5 Å². The molecule has 0 aliphatic carbocycles. The molecule has 6 nitrogen and oxygen atoms in total. The molecule has 1 heterocycles. The average Bonchev–Trinajstić information content (AvgIpc) is 3.20. The van der Waals surface area contributed by atoms with Crippen LogP contribution < -0.4 is 15.5 Å². The van der Waals surface area contributed by atoms with Crippen molar-refractivity contribution in [2.45, 2.75) is 20.0 Å². The van der Waals surface area contributed by atoms with Crippen LogP contribution in [0.1, 0.15) is 18.2 Å². The third-order valence-electron chi connectivity index (χ3n) is 4.20. The van der Waals surface area contributed by atoms with E-state index >= 15 is 0 Å². The van der Waals surface area contributed by atoms with Gasteiger partial charge in [-0.1, -0.05) is 30.3 Å². The summed E-state index contributed by atoms with van der Waals surface area (Å²) in [6.45, 7) is 3.98. The van der Waals surface area contributed by atoms with Crippen LogP contribution in [0.3, 0.4) is 0 Å². The largest absolute Gasteiger partial charge is 0.444 e. The minimum Gasteiger partial charge on any atom is -0.444 e. The van der Waals surface area contributed by atoms with E-state index in [-0.39, 0.29) is 24.0 Å². The average molecular weight is 505 g/mol. The fraction of sp³-hybridized carbons (Fsp3) is 0.273. The molecule has 3 rings (SSSR count). The third-order valence-corrected chi connectivity index (χ3v) is 4.20. The van der Waals surface area contributed by atoms with Crippen molar-refractivity contribution in [3.63, 3.8) is 0 Å². The number of guanidine groups is 1. The molecule has 0 fully saturated rings. The SMILES string of the molecule is CCNC(=NCc1cccc(N(C)C)c1)NCc1coc(-c2ccccc2)n1.I. The van der Waals surface area contributed by atoms with Crippen LogP contribution in [0.2, 0.25) is 0 Å². The maximum Gasteiger partial charge on any atom is 0.226 e. The van der Waals surface area contributed by atoms with Crippen LogP contribution in [0.5, 0.6) is 0 Å². The topological polar surface area (TPSA) is 65.7 Å². The van der Waals surface area contributed by atoms with Crippen molar-refractivity contribution < 1.29 is 4.42 Å². The predicted octanol–water partition coefficient (Wildman–Crippen LogP) is 4.28. The number of aromatic nitrogens is 1. The van der Waals surface area contributed by atoms with E-state index in [9.17, 15) is 0 Å². The molecule has 0 aliphatic heterocycles. The molecule has 0 atom stereocenters. The summed E-state index contributed by atoms with van der Waals surface area (Å²) in [6, 6.07) is 18.3. The van der Waals surface area contributed by atoms with Gasteiger partial charge >= 0.3 is 0 Å². The van der Waals surface area contributed by atoms with Gasteiger partial charge in [-0.3, -0.25) is 0 Å². The van der Waals surface area contributed by atoms with Crippen molar-refractivity contribution in [3.05, 3.63) is 72.1 Å². The zero-order chi connectivity index (χ0) is 19.8. The minimum atomic E-state index is 0. The third kappa shape index (κ3) is 6.77. The van der Waals surface area contributed by atoms with Gasteiger partial charge in [0.15, 0.2) is 5.96 Å². The van der Waals surface area contributed by atoms with Crippen LogP contribution in [0, 0.1) is 0 Å². The number of halogens is 1. The standard InChI is InChI=1S/C22H27N5O.HI/c1-4-23-22(24-14-17-9-8-12-20(13-17)27(2)3)25-15-19-16-28-21(26-19)18-10-6-5-7-11-18;/h5-13,16H,4,14-15H2,1-3H3,(H2,23,24,25);1H. The van der Waals surface area contributed by atoms with Crippen LogP contribution in [0.25, 0.3) is 11.5 Å². The second-order valence-corrected chi connectivity index (χ2v) is 6.62. The highest BCUT2D eigenvalue weighted by Crippen LogP contribution is 2.18. The minimum absolute atomic E-state index is 0. The highest BCUT2D eigenvalue weighted by molar-refractivity contribution is 14.0. The second kappa shape index (κ2) is 11.5. The maximum absolute atomic E-state index is 5.59. The lowest BCUT2D eigenvalue weighted by molar-refractivity contribution is 0.572. The summed E-state index contributed by atoms with van der Waals surface area (Å²) in [5.74, 6) is 1.38. The van der Waals surface area contributed by atoms with Gasteiger partial charge in [-0.05, 0) is 36.8 Å². The van der Waals surface area contributed by atoms with E-state index in [4.69, 9.17) is 4.42 Å². The van der Waals surface area contributed by atoms with Crippen LogP contribution in [-0.2, 0) is 13.1 Å². The zero-order valence-electron chi connectivity index (χ0n) is 17.1. The molecular formula is C22H28IN5O. The monoisotopic (exact) mass is 505 g/mol. The Hall–Kier alpha value is -2.55. The molecule has 0 unspecified atom stereocenters. The van der Waals surface area contributed by atoms with E-state index in [1.807, 2.05) is 51.4 Å². The molecule has 1 aromatic heterocycles. The van der Waals surface area contributed by atoms with Gasteiger partial charge in [-0.15, -0.1) is 24.0 Å². The van der Waals surface area contributed by atoms with Gasteiger partial charge in [-0.25, -0.2) is 9.98 Å². The predicted molar refractivity (Wildman–Crippen MR) is 130 cm³/mol. The van der Waals surface area contributed by atoms with Crippen LogP contribution >= 0.6 is 24.0 Å². The summed E-state index contributed by atoms with van der Waals surface area (Å²) in [4.78, 5) is 11.3. The zero-order valence-corrected chi connectivity index (χ0v) is 19.4. The van der Waals surface area contributed by atoms with Crippen molar-refractivity contribution in [1.29, 1.82) is 0 Å². The number of nitrogens with one attached hydrogen (secondary N) is 2. The molecule has 0 bridgehead atoms. The van der Waals surface area contributed by atoms with E-state index in [0.29, 0.717) is 19.0 Å². The molecular weight excluding hydrogens is 477 g/mol. The Bertz CT molecular complexity index is 908. The Balaban J connectivity index is 0.00000300. The Morgan fingerprint density at radius 1 is 1.07 bits per heavy atom. The smallest absolute Gasteiger partial charge is 0.226 e. The fourth-order valence-corrected chi connectivity index (χ4v) is 2.72. The van der Waals surface area contributed by atoms with Gasteiger partial charge in [0, 0.05) is 31.9 Å². The lowest BCUT2D eigenvalue weighted by atomic mass is 10.2. The van der Waals surface area contributed by atoms with Crippen molar-refractivity contribution in [2.75, 3.05) is 25.5 Å². The number of nitrogens with zero attached hydrogens (tertiary/aromatic N) is 3. The first-order valence-electron chi connectivity index (χ1n) is 9.44. The number of aliphatic imine (C=N–C) groups is 1. The molecule has 0 spiro atoms. The van der Waals surface area contributed by atoms with Crippen molar-refractivity contribution >= 4 is 35.6 Å². The van der Waals surface area contributed by atoms with Crippen molar-refractivity contribution in [1.82, 2.24) is 15.6 Å². The molecule has 2 N–H and O–H groups in total. The van der Waals surface area contributed by atoms with Gasteiger partial charge < -0.3 is 20.0 Å². The molecule has 0 amide bonds. The highest BCUT2D eigenvalue weighted by atomic mass is 127. The summed E-state index contributed by atoms with van der Waals surface area (Å²) in [5, 5.41) is 6.58.